The van der Waals surface area contributed by atoms with Gasteiger partial charge in [0, 0.05) is 11.8 Å². The number of esters is 1. The highest BCUT2D eigenvalue weighted by atomic mass is 79.9. The highest BCUT2D eigenvalue weighted by molar-refractivity contribution is 9.11. The van der Waals surface area contributed by atoms with Crippen molar-refractivity contribution in [3.8, 4) is 5.75 Å². The van der Waals surface area contributed by atoms with Gasteiger partial charge in [0.15, 0.2) is 5.75 Å². The van der Waals surface area contributed by atoms with Crippen LogP contribution in [0.15, 0.2) is 32.9 Å². The van der Waals surface area contributed by atoms with Gasteiger partial charge in [-0.1, -0.05) is 0 Å². The number of carbonyl (C=O) groups excluding carboxylic acids is 2. The van der Waals surface area contributed by atoms with Crippen molar-refractivity contribution in [3.63, 3.8) is 0 Å². The van der Waals surface area contributed by atoms with Crippen LogP contribution in [0, 0.1) is 0 Å². The predicted molar refractivity (Wildman–Crippen MR) is 84.2 cm³/mol. The Morgan fingerprint density at radius 3 is 2.48 bits per heavy atom. The zero-order valence-corrected chi connectivity index (χ0v) is 14.7. The Hall–Kier alpha value is -1.48. The van der Waals surface area contributed by atoms with Gasteiger partial charge in [0.2, 0.25) is 5.78 Å². The van der Waals surface area contributed by atoms with Crippen LogP contribution in [0.25, 0.3) is 0 Å². The molecule has 2 rings (SSSR count). The molecule has 2 N–H and O–H groups in total. The van der Waals surface area contributed by atoms with Gasteiger partial charge in [-0.3, -0.25) is 4.79 Å². The van der Waals surface area contributed by atoms with Crippen LogP contribution < -0.4 is 10.5 Å². The Morgan fingerprint density at radius 2 is 1.96 bits per heavy atom. The van der Waals surface area contributed by atoms with Crippen molar-refractivity contribution in [2.24, 2.45) is 5.73 Å². The van der Waals surface area contributed by atoms with Crippen molar-refractivity contribution in [2.75, 3.05) is 0 Å². The first-order valence-corrected chi connectivity index (χ1v) is 8.04. The number of alkyl halides is 2. The third-order valence-corrected chi connectivity index (χ3v) is 4.34. The second-order valence-electron chi connectivity index (χ2n) is 4.63. The minimum Gasteiger partial charge on any atom is -0.459 e. The minimum absolute atomic E-state index is 0.0178. The van der Waals surface area contributed by atoms with Gasteiger partial charge in [0.05, 0.1) is 8.95 Å². The van der Waals surface area contributed by atoms with Crippen LogP contribution in [0.1, 0.15) is 23.2 Å². The molecule has 5 nitrogen and oxygen atoms in total. The molecule has 0 aliphatic heterocycles. The molecule has 0 unspecified atom stereocenters. The smallest absolute Gasteiger partial charge is 0.387 e. The molecule has 0 saturated heterocycles. The standard InChI is InChI=1S/C14H11Br2F2NO4/c15-9-4-3-7(10(16)12(9)23-14(17)18)11(20)8(5-19)13(21)22-6-1-2-6/h3-6,14H,1-2,19H2. The molecule has 1 aliphatic carbocycles. The van der Waals surface area contributed by atoms with Gasteiger partial charge in [0.1, 0.15) is 11.7 Å². The number of rotatable bonds is 6. The number of ether oxygens (including phenoxy) is 2. The summed E-state index contributed by atoms with van der Waals surface area (Å²) in [7, 11) is 0. The van der Waals surface area contributed by atoms with Crippen LogP contribution in [-0.2, 0) is 9.53 Å². The van der Waals surface area contributed by atoms with Gasteiger partial charge in [-0.05, 0) is 56.8 Å². The van der Waals surface area contributed by atoms with Crippen LogP contribution in [0.5, 0.6) is 5.75 Å². The topological polar surface area (TPSA) is 78.6 Å². The first-order valence-electron chi connectivity index (χ1n) is 6.45. The zero-order valence-electron chi connectivity index (χ0n) is 11.5. The molecular formula is C14H11Br2F2NO4. The minimum atomic E-state index is -3.07. The quantitative estimate of drug-likeness (QED) is 0.234. The van der Waals surface area contributed by atoms with Crippen molar-refractivity contribution >= 4 is 43.6 Å². The van der Waals surface area contributed by atoms with Crippen LogP contribution >= 0.6 is 31.9 Å². The normalized spacial score (nSPS) is 14.7. The summed E-state index contributed by atoms with van der Waals surface area (Å²) in [5, 5.41) is 0. The van der Waals surface area contributed by atoms with Gasteiger partial charge < -0.3 is 15.2 Å². The summed E-state index contributed by atoms with van der Waals surface area (Å²) in [5.41, 5.74) is 4.93. The number of ketones is 1. The van der Waals surface area contributed by atoms with Gasteiger partial charge in [0.25, 0.3) is 0 Å². The fourth-order valence-corrected chi connectivity index (χ4v) is 3.00. The van der Waals surface area contributed by atoms with Gasteiger partial charge in [-0.15, -0.1) is 0 Å². The van der Waals surface area contributed by atoms with Crippen LogP contribution in [0.3, 0.4) is 0 Å². The lowest BCUT2D eigenvalue weighted by Crippen LogP contribution is -2.19. The molecule has 0 amide bonds. The lowest BCUT2D eigenvalue weighted by atomic mass is 10.0. The number of benzene rings is 1. The Bertz CT molecular complexity index is 675. The van der Waals surface area contributed by atoms with E-state index in [1.54, 1.807) is 0 Å². The molecule has 0 radical (unpaired) electrons. The van der Waals surface area contributed by atoms with E-state index in [1.807, 2.05) is 0 Å². The fraction of sp³-hybridized carbons (Fsp3) is 0.286. The van der Waals surface area contributed by atoms with Crippen LogP contribution in [0.2, 0.25) is 0 Å². The van der Waals surface area contributed by atoms with E-state index in [9.17, 15) is 18.4 Å². The van der Waals surface area contributed by atoms with E-state index in [4.69, 9.17) is 10.5 Å². The molecule has 1 aromatic carbocycles. The van der Waals surface area contributed by atoms with E-state index < -0.39 is 18.4 Å². The second-order valence-corrected chi connectivity index (χ2v) is 6.28. The number of halogens is 4. The summed E-state index contributed by atoms with van der Waals surface area (Å²) in [4.78, 5) is 24.4. The average Bonchev–Trinajstić information content (AvgIpc) is 3.27. The van der Waals surface area contributed by atoms with Gasteiger partial charge in [-0.25, -0.2) is 4.79 Å². The van der Waals surface area contributed by atoms with E-state index in [0.717, 1.165) is 19.0 Å². The summed E-state index contributed by atoms with van der Waals surface area (Å²) in [6, 6.07) is 2.71. The summed E-state index contributed by atoms with van der Waals surface area (Å²) >= 11 is 6.09. The number of hydrogen-bond donors (Lipinski definition) is 1. The van der Waals surface area contributed by atoms with E-state index in [2.05, 4.69) is 36.6 Å². The molecule has 23 heavy (non-hydrogen) atoms. The maximum absolute atomic E-state index is 12.5. The first-order chi connectivity index (χ1) is 10.8. The molecule has 0 atom stereocenters. The highest BCUT2D eigenvalue weighted by Crippen LogP contribution is 2.38. The molecule has 1 aromatic rings. The molecule has 1 saturated carbocycles. The Kier molecular flexibility index (Phi) is 5.74. The molecule has 0 bridgehead atoms. The Labute approximate surface area is 147 Å². The third-order valence-electron chi connectivity index (χ3n) is 2.93. The monoisotopic (exact) mass is 453 g/mol. The van der Waals surface area contributed by atoms with E-state index in [-0.39, 0.29) is 31.9 Å². The van der Waals surface area contributed by atoms with Crippen molar-refractivity contribution in [1.82, 2.24) is 0 Å². The lowest BCUT2D eigenvalue weighted by Gasteiger charge is -2.13. The van der Waals surface area contributed by atoms with E-state index >= 15 is 0 Å². The fourth-order valence-electron chi connectivity index (χ4n) is 1.69. The second kappa shape index (κ2) is 7.39. The van der Waals surface area contributed by atoms with E-state index in [0.29, 0.717) is 0 Å². The largest absolute Gasteiger partial charge is 0.459 e. The van der Waals surface area contributed by atoms with Crippen molar-refractivity contribution in [1.29, 1.82) is 0 Å². The zero-order chi connectivity index (χ0) is 17.1. The van der Waals surface area contributed by atoms with Crippen molar-refractivity contribution in [3.05, 3.63) is 38.4 Å². The van der Waals surface area contributed by atoms with Crippen molar-refractivity contribution in [2.45, 2.75) is 25.6 Å². The first kappa shape index (κ1) is 17.9. The molecule has 0 spiro atoms. The number of hydrogen-bond acceptors (Lipinski definition) is 5. The molecule has 9 heteroatoms. The summed E-state index contributed by atoms with van der Waals surface area (Å²) < 4.78 is 34.5. The Balaban J connectivity index is 2.32. The molecular weight excluding hydrogens is 444 g/mol. The highest BCUT2D eigenvalue weighted by Gasteiger charge is 2.31. The van der Waals surface area contributed by atoms with Gasteiger partial charge in [-0.2, -0.15) is 8.78 Å². The third kappa shape index (κ3) is 4.29. The number of nitrogens with two attached hydrogens (primary N) is 1. The lowest BCUT2D eigenvalue weighted by molar-refractivity contribution is -0.139. The average molecular weight is 455 g/mol. The molecule has 0 aromatic heterocycles. The molecule has 0 heterocycles. The maximum atomic E-state index is 12.5. The summed E-state index contributed by atoms with van der Waals surface area (Å²) in [5.74, 6) is -1.85. The van der Waals surface area contributed by atoms with Crippen LogP contribution in [0.4, 0.5) is 8.78 Å². The summed E-state index contributed by atoms with van der Waals surface area (Å²) in [6.45, 7) is -3.07. The molecule has 124 valence electrons. The maximum Gasteiger partial charge on any atom is 0.387 e. The van der Waals surface area contributed by atoms with Gasteiger partial charge >= 0.3 is 12.6 Å². The van der Waals surface area contributed by atoms with E-state index in [1.165, 1.54) is 12.1 Å². The molecule has 1 aliphatic rings. The number of carbonyl (C=O) groups is 2. The van der Waals surface area contributed by atoms with Crippen LogP contribution in [-0.4, -0.2) is 24.5 Å². The predicted octanol–water partition coefficient (Wildman–Crippen LogP) is 3.54. The summed E-state index contributed by atoms with van der Waals surface area (Å²) in [6.07, 6.45) is 2.13. The number of Topliss-reactive ketones (excluding diaryl/α,β-unsaturated/α-hetero) is 1. The van der Waals surface area contributed by atoms with Crippen molar-refractivity contribution < 1.29 is 27.8 Å². The molecule has 1 fully saturated rings. The Morgan fingerprint density at radius 1 is 1.30 bits per heavy atom. The SMILES string of the molecule is NC=C(C(=O)OC1CC1)C(=O)c1ccc(Br)c(OC(F)F)c1Br.